The molecule has 0 saturated carbocycles. The predicted octanol–water partition coefficient (Wildman–Crippen LogP) is 3.04. The lowest BCUT2D eigenvalue weighted by Crippen LogP contribution is -2.29. The molecule has 0 unspecified atom stereocenters. The third-order valence-electron chi connectivity index (χ3n) is 2.51. The largest absolute Gasteiger partial charge is 0.381 e. The van der Waals surface area contributed by atoms with Crippen molar-refractivity contribution in [3.05, 3.63) is 29.3 Å². The Morgan fingerprint density at radius 3 is 2.71 bits per heavy atom. The van der Waals surface area contributed by atoms with E-state index in [1.54, 1.807) is 0 Å². The van der Waals surface area contributed by atoms with E-state index in [0.717, 1.165) is 19.1 Å². The third-order valence-corrected chi connectivity index (χ3v) is 3.92. The van der Waals surface area contributed by atoms with Crippen LogP contribution in [0.2, 0.25) is 0 Å². The van der Waals surface area contributed by atoms with Crippen LogP contribution in [-0.2, 0) is 4.74 Å². The summed E-state index contributed by atoms with van der Waals surface area (Å²) in [5.74, 6) is 1.98. The summed E-state index contributed by atoms with van der Waals surface area (Å²) in [5, 5.41) is 0. The molecule has 0 spiro atoms. The van der Waals surface area contributed by atoms with Gasteiger partial charge in [0.2, 0.25) is 0 Å². The van der Waals surface area contributed by atoms with Crippen molar-refractivity contribution >= 4 is 11.8 Å². The molecule has 2 heteroatoms. The monoisotopic (exact) mass is 208 g/mol. The van der Waals surface area contributed by atoms with Gasteiger partial charge in [-0.25, -0.2) is 0 Å². The Kier molecular flexibility index (Phi) is 3.14. The lowest BCUT2D eigenvalue weighted by molar-refractivity contribution is -0.0196. The van der Waals surface area contributed by atoms with Gasteiger partial charge in [-0.2, -0.15) is 0 Å². The highest BCUT2D eigenvalue weighted by Gasteiger charge is 2.18. The van der Waals surface area contributed by atoms with Crippen molar-refractivity contribution in [3.8, 4) is 0 Å². The molecule has 1 aliphatic rings. The van der Waals surface area contributed by atoms with E-state index in [1.807, 2.05) is 11.8 Å². The zero-order valence-corrected chi connectivity index (χ0v) is 9.56. The van der Waals surface area contributed by atoms with Crippen molar-refractivity contribution in [1.82, 2.24) is 0 Å². The summed E-state index contributed by atoms with van der Waals surface area (Å²) in [5.41, 5.74) is 2.74. The fourth-order valence-electron chi connectivity index (χ4n) is 1.55. The van der Waals surface area contributed by atoms with Crippen LogP contribution in [-0.4, -0.2) is 19.0 Å². The molecule has 0 radical (unpaired) electrons. The molecule has 1 nitrogen and oxygen atoms in total. The molecule has 0 bridgehead atoms. The van der Waals surface area contributed by atoms with Crippen LogP contribution in [0.4, 0.5) is 0 Å². The molecule has 0 N–H and O–H groups in total. The standard InChI is InChI=1S/C12H16OS/c1-9-3-4-12(10(2)5-9)14-8-11-6-13-7-11/h3-5,11H,6-8H2,1-2H3. The van der Waals surface area contributed by atoms with Gasteiger partial charge in [-0.1, -0.05) is 17.7 Å². The first-order valence-electron chi connectivity index (χ1n) is 5.03. The predicted molar refractivity (Wildman–Crippen MR) is 60.9 cm³/mol. The van der Waals surface area contributed by atoms with Gasteiger partial charge in [0, 0.05) is 16.6 Å². The van der Waals surface area contributed by atoms with Gasteiger partial charge in [0.05, 0.1) is 13.2 Å². The molecule has 2 rings (SSSR count). The lowest BCUT2D eigenvalue weighted by Gasteiger charge is -2.25. The Hall–Kier alpha value is -0.470. The first kappa shape index (κ1) is 10.1. The Morgan fingerprint density at radius 2 is 2.14 bits per heavy atom. The summed E-state index contributed by atoms with van der Waals surface area (Å²) in [6, 6.07) is 6.67. The quantitative estimate of drug-likeness (QED) is 0.706. The molecule has 0 aliphatic carbocycles. The summed E-state index contributed by atoms with van der Waals surface area (Å²) in [7, 11) is 0. The number of aryl methyl sites for hydroxylation is 2. The minimum atomic E-state index is 0.778. The van der Waals surface area contributed by atoms with Crippen LogP contribution in [0.25, 0.3) is 0 Å². The van der Waals surface area contributed by atoms with Crippen LogP contribution in [0.1, 0.15) is 11.1 Å². The van der Waals surface area contributed by atoms with Gasteiger partial charge in [-0.3, -0.25) is 0 Å². The second-order valence-electron chi connectivity index (χ2n) is 3.98. The number of rotatable bonds is 3. The van der Waals surface area contributed by atoms with Crippen molar-refractivity contribution in [2.75, 3.05) is 19.0 Å². The fraction of sp³-hybridized carbons (Fsp3) is 0.500. The Labute approximate surface area is 89.9 Å². The Balaban J connectivity index is 1.94. The van der Waals surface area contributed by atoms with Crippen molar-refractivity contribution in [3.63, 3.8) is 0 Å². The van der Waals surface area contributed by atoms with Crippen molar-refractivity contribution in [2.45, 2.75) is 18.7 Å². The van der Waals surface area contributed by atoms with Crippen LogP contribution < -0.4 is 0 Å². The van der Waals surface area contributed by atoms with Crippen LogP contribution >= 0.6 is 11.8 Å². The SMILES string of the molecule is Cc1ccc(SCC2COC2)c(C)c1. The van der Waals surface area contributed by atoms with Gasteiger partial charge in [-0.15, -0.1) is 11.8 Å². The first-order valence-corrected chi connectivity index (χ1v) is 6.02. The smallest absolute Gasteiger partial charge is 0.0524 e. The maximum Gasteiger partial charge on any atom is 0.0524 e. The van der Waals surface area contributed by atoms with E-state index in [-0.39, 0.29) is 0 Å². The highest BCUT2D eigenvalue weighted by atomic mass is 32.2. The number of ether oxygens (including phenoxy) is 1. The average molecular weight is 208 g/mol. The normalized spacial score (nSPS) is 16.7. The third kappa shape index (κ3) is 2.31. The summed E-state index contributed by atoms with van der Waals surface area (Å²) < 4.78 is 5.16. The molecular formula is C12H16OS. The van der Waals surface area contributed by atoms with E-state index < -0.39 is 0 Å². The topological polar surface area (TPSA) is 9.23 Å². The molecule has 1 heterocycles. The second-order valence-corrected chi connectivity index (χ2v) is 5.05. The number of thioether (sulfide) groups is 1. The van der Waals surface area contributed by atoms with Crippen LogP contribution in [0.5, 0.6) is 0 Å². The zero-order chi connectivity index (χ0) is 9.97. The minimum absolute atomic E-state index is 0.778. The highest BCUT2D eigenvalue weighted by molar-refractivity contribution is 7.99. The fourth-order valence-corrected chi connectivity index (χ4v) is 2.61. The van der Waals surface area contributed by atoms with E-state index in [2.05, 4.69) is 32.0 Å². The minimum Gasteiger partial charge on any atom is -0.381 e. The second kappa shape index (κ2) is 4.37. The molecule has 1 fully saturated rings. The molecule has 0 amide bonds. The molecule has 1 aromatic carbocycles. The Morgan fingerprint density at radius 1 is 1.36 bits per heavy atom. The van der Waals surface area contributed by atoms with E-state index >= 15 is 0 Å². The lowest BCUT2D eigenvalue weighted by atomic mass is 10.1. The molecular weight excluding hydrogens is 192 g/mol. The van der Waals surface area contributed by atoms with Gasteiger partial charge in [0.1, 0.15) is 0 Å². The zero-order valence-electron chi connectivity index (χ0n) is 8.75. The van der Waals surface area contributed by atoms with Gasteiger partial charge in [-0.05, 0) is 25.5 Å². The van der Waals surface area contributed by atoms with E-state index in [1.165, 1.54) is 21.8 Å². The average Bonchev–Trinajstić information content (AvgIpc) is 2.05. The van der Waals surface area contributed by atoms with Crippen LogP contribution in [0.15, 0.2) is 23.1 Å². The maximum atomic E-state index is 5.16. The van der Waals surface area contributed by atoms with E-state index in [0.29, 0.717) is 0 Å². The van der Waals surface area contributed by atoms with Gasteiger partial charge in [0.15, 0.2) is 0 Å². The molecule has 14 heavy (non-hydrogen) atoms. The highest BCUT2D eigenvalue weighted by Crippen LogP contribution is 2.27. The molecule has 1 aromatic rings. The van der Waals surface area contributed by atoms with Crippen LogP contribution in [0.3, 0.4) is 0 Å². The van der Waals surface area contributed by atoms with E-state index in [4.69, 9.17) is 4.74 Å². The molecule has 1 aliphatic heterocycles. The van der Waals surface area contributed by atoms with Crippen molar-refractivity contribution in [1.29, 1.82) is 0 Å². The van der Waals surface area contributed by atoms with Gasteiger partial charge in [0.25, 0.3) is 0 Å². The maximum absolute atomic E-state index is 5.16. The molecule has 76 valence electrons. The van der Waals surface area contributed by atoms with Gasteiger partial charge < -0.3 is 4.74 Å². The molecule has 1 saturated heterocycles. The van der Waals surface area contributed by atoms with Gasteiger partial charge >= 0.3 is 0 Å². The number of hydrogen-bond acceptors (Lipinski definition) is 2. The van der Waals surface area contributed by atoms with Crippen molar-refractivity contribution in [2.24, 2.45) is 5.92 Å². The molecule has 0 aromatic heterocycles. The number of benzene rings is 1. The Bertz CT molecular complexity index is 318. The summed E-state index contributed by atoms with van der Waals surface area (Å²) >= 11 is 1.96. The molecule has 0 atom stereocenters. The summed E-state index contributed by atoms with van der Waals surface area (Å²) in [6.45, 7) is 6.24. The number of hydrogen-bond donors (Lipinski definition) is 0. The first-order chi connectivity index (χ1) is 6.75. The van der Waals surface area contributed by atoms with Crippen molar-refractivity contribution < 1.29 is 4.74 Å². The summed E-state index contributed by atoms with van der Waals surface area (Å²) in [4.78, 5) is 1.42. The van der Waals surface area contributed by atoms with Crippen LogP contribution in [0, 0.1) is 19.8 Å². The van der Waals surface area contributed by atoms with E-state index in [9.17, 15) is 0 Å². The summed E-state index contributed by atoms with van der Waals surface area (Å²) in [6.07, 6.45) is 0.